The topological polar surface area (TPSA) is 84.1 Å². The summed E-state index contributed by atoms with van der Waals surface area (Å²) in [5, 5.41) is 4.09. The van der Waals surface area contributed by atoms with E-state index in [4.69, 9.17) is 5.73 Å². The van der Waals surface area contributed by atoms with Crippen LogP contribution < -0.4 is 11.1 Å². The molecule has 6 heteroatoms. The smallest absolute Gasteiger partial charge is 0.138 e. The summed E-state index contributed by atoms with van der Waals surface area (Å²) in [5.41, 5.74) is 7.79. The third-order valence-corrected chi connectivity index (χ3v) is 3.67. The molecule has 3 N–H and O–H groups in total. The number of anilines is 1. The van der Waals surface area contributed by atoms with Gasteiger partial charge in [0.15, 0.2) is 0 Å². The first kappa shape index (κ1) is 13.0. The van der Waals surface area contributed by atoms with Crippen molar-refractivity contribution in [3.8, 4) is 0 Å². The van der Waals surface area contributed by atoms with E-state index in [1.807, 2.05) is 18.2 Å². The Morgan fingerprint density at radius 1 is 1.45 bits per heavy atom. The van der Waals surface area contributed by atoms with E-state index in [1.54, 1.807) is 0 Å². The van der Waals surface area contributed by atoms with Gasteiger partial charge >= 0.3 is 0 Å². The summed E-state index contributed by atoms with van der Waals surface area (Å²) in [5.74, 6) is 0.495. The maximum atomic E-state index is 11.1. The van der Waals surface area contributed by atoms with Crippen LogP contribution in [0.5, 0.6) is 0 Å². The quantitative estimate of drug-likeness (QED) is 0.775. The van der Waals surface area contributed by atoms with Gasteiger partial charge < -0.3 is 15.8 Å². The largest absolute Gasteiger partial charge is 0.383 e. The van der Waals surface area contributed by atoms with Crippen molar-refractivity contribution in [3.05, 3.63) is 30.1 Å². The van der Waals surface area contributed by atoms with E-state index >= 15 is 0 Å². The molecular formula is C14H17N5O. The number of carbonyl (C=O) groups excluding carboxylic acids is 1. The van der Waals surface area contributed by atoms with Crippen LogP contribution in [0.2, 0.25) is 0 Å². The van der Waals surface area contributed by atoms with Crippen LogP contribution in [0.15, 0.2) is 24.5 Å². The number of nitrogens with one attached hydrogen (secondary N) is 1. The first-order valence-corrected chi connectivity index (χ1v) is 6.67. The molecule has 1 aromatic heterocycles. The lowest BCUT2D eigenvalue weighted by atomic mass is 10.1. The monoisotopic (exact) mass is 271 g/mol. The van der Waals surface area contributed by atoms with Gasteiger partial charge in [-0.1, -0.05) is 6.07 Å². The Morgan fingerprint density at radius 2 is 2.35 bits per heavy atom. The molecule has 0 radical (unpaired) electrons. The zero-order valence-electron chi connectivity index (χ0n) is 11.1. The number of nitrogen functional groups attached to an aromatic ring is 1. The molecule has 2 aromatic rings. The molecule has 6 nitrogen and oxygen atoms in total. The molecule has 1 aliphatic rings. The summed E-state index contributed by atoms with van der Waals surface area (Å²) in [7, 11) is 0. The Morgan fingerprint density at radius 3 is 3.20 bits per heavy atom. The minimum absolute atomic E-state index is 0.0603. The van der Waals surface area contributed by atoms with Crippen LogP contribution in [-0.4, -0.2) is 46.8 Å². The number of nitrogens with two attached hydrogens (primary N) is 1. The molecule has 2 heterocycles. The first-order valence-electron chi connectivity index (χ1n) is 6.67. The Hall–Kier alpha value is -2.05. The van der Waals surface area contributed by atoms with Crippen molar-refractivity contribution in [1.82, 2.24) is 20.2 Å². The fourth-order valence-electron chi connectivity index (χ4n) is 2.55. The molecule has 1 aliphatic heterocycles. The van der Waals surface area contributed by atoms with Crippen molar-refractivity contribution in [2.45, 2.75) is 12.6 Å². The molecule has 0 saturated carbocycles. The van der Waals surface area contributed by atoms with Crippen molar-refractivity contribution >= 4 is 23.0 Å². The molecule has 1 unspecified atom stereocenters. The van der Waals surface area contributed by atoms with Crippen molar-refractivity contribution in [1.29, 1.82) is 0 Å². The van der Waals surface area contributed by atoms with Crippen LogP contribution in [0.4, 0.5) is 5.82 Å². The molecule has 1 saturated heterocycles. The highest BCUT2D eigenvalue weighted by atomic mass is 16.1. The summed E-state index contributed by atoms with van der Waals surface area (Å²) >= 11 is 0. The zero-order valence-corrected chi connectivity index (χ0v) is 11.1. The fourth-order valence-corrected chi connectivity index (χ4v) is 2.55. The number of aromatic nitrogens is 2. The van der Waals surface area contributed by atoms with Crippen LogP contribution in [0.3, 0.4) is 0 Å². The van der Waals surface area contributed by atoms with E-state index in [9.17, 15) is 4.79 Å². The van der Waals surface area contributed by atoms with Crippen molar-refractivity contribution in [2.75, 3.05) is 25.4 Å². The Bertz CT molecular complexity index is 630. The summed E-state index contributed by atoms with van der Waals surface area (Å²) in [6.07, 6.45) is 2.48. The van der Waals surface area contributed by atoms with Crippen molar-refractivity contribution in [2.24, 2.45) is 0 Å². The lowest BCUT2D eigenvalue weighted by Gasteiger charge is -2.32. The number of carbonyl (C=O) groups is 1. The van der Waals surface area contributed by atoms with Crippen LogP contribution in [0, 0.1) is 0 Å². The van der Waals surface area contributed by atoms with Gasteiger partial charge in [-0.2, -0.15) is 0 Å². The number of benzene rings is 1. The Kier molecular flexibility index (Phi) is 3.58. The van der Waals surface area contributed by atoms with Gasteiger partial charge in [0.1, 0.15) is 18.4 Å². The summed E-state index contributed by atoms with van der Waals surface area (Å²) < 4.78 is 0. The predicted octanol–water partition coefficient (Wildman–Crippen LogP) is 0.185. The zero-order chi connectivity index (χ0) is 13.9. The van der Waals surface area contributed by atoms with Crippen LogP contribution >= 0.6 is 0 Å². The van der Waals surface area contributed by atoms with Gasteiger partial charge in [-0.05, 0) is 17.7 Å². The molecule has 0 bridgehead atoms. The lowest BCUT2D eigenvalue weighted by molar-refractivity contribution is -0.113. The van der Waals surface area contributed by atoms with Gasteiger partial charge in [0.05, 0.1) is 11.6 Å². The van der Waals surface area contributed by atoms with E-state index in [0.717, 1.165) is 42.4 Å². The van der Waals surface area contributed by atoms with E-state index in [2.05, 4.69) is 20.2 Å². The highest BCUT2D eigenvalue weighted by Gasteiger charge is 2.21. The van der Waals surface area contributed by atoms with Crippen molar-refractivity contribution < 1.29 is 4.79 Å². The minimum atomic E-state index is -0.0603. The van der Waals surface area contributed by atoms with Gasteiger partial charge in [0.2, 0.25) is 0 Å². The maximum absolute atomic E-state index is 11.1. The Balaban J connectivity index is 1.85. The third-order valence-electron chi connectivity index (χ3n) is 3.67. The lowest BCUT2D eigenvalue weighted by Crippen LogP contribution is -2.51. The fraction of sp³-hybridized carbons (Fsp3) is 0.357. The molecule has 1 aromatic carbocycles. The third kappa shape index (κ3) is 2.48. The molecule has 1 atom stereocenters. The summed E-state index contributed by atoms with van der Waals surface area (Å²) in [6, 6.07) is 5.91. The van der Waals surface area contributed by atoms with E-state index in [1.165, 1.54) is 6.33 Å². The predicted molar refractivity (Wildman–Crippen MR) is 77.1 cm³/mol. The molecule has 0 aliphatic carbocycles. The molecule has 3 rings (SSSR count). The van der Waals surface area contributed by atoms with Crippen LogP contribution in [0.25, 0.3) is 10.9 Å². The molecule has 0 amide bonds. The molecular weight excluding hydrogens is 254 g/mol. The molecule has 0 spiro atoms. The number of piperazine rings is 1. The van der Waals surface area contributed by atoms with Gasteiger partial charge in [-0.25, -0.2) is 9.97 Å². The number of rotatable bonds is 3. The van der Waals surface area contributed by atoms with Gasteiger partial charge in [-0.3, -0.25) is 4.90 Å². The van der Waals surface area contributed by atoms with Gasteiger partial charge in [-0.15, -0.1) is 0 Å². The van der Waals surface area contributed by atoms with E-state index < -0.39 is 0 Å². The number of aldehydes is 1. The van der Waals surface area contributed by atoms with Gasteiger partial charge in [0, 0.05) is 31.6 Å². The van der Waals surface area contributed by atoms with Crippen LogP contribution in [0.1, 0.15) is 5.56 Å². The van der Waals surface area contributed by atoms with Crippen LogP contribution in [-0.2, 0) is 11.3 Å². The molecule has 104 valence electrons. The highest BCUT2D eigenvalue weighted by molar-refractivity contribution is 5.88. The number of nitrogens with zero attached hydrogens (tertiary/aromatic N) is 3. The average Bonchev–Trinajstić information content (AvgIpc) is 2.48. The minimum Gasteiger partial charge on any atom is -0.383 e. The Labute approximate surface area is 117 Å². The molecule has 20 heavy (non-hydrogen) atoms. The number of hydrogen-bond donors (Lipinski definition) is 2. The second kappa shape index (κ2) is 5.52. The second-order valence-electron chi connectivity index (χ2n) is 4.99. The first-order chi connectivity index (χ1) is 9.78. The summed E-state index contributed by atoms with van der Waals surface area (Å²) in [6.45, 7) is 3.23. The average molecular weight is 271 g/mol. The van der Waals surface area contributed by atoms with E-state index in [-0.39, 0.29) is 6.04 Å². The summed E-state index contributed by atoms with van der Waals surface area (Å²) in [4.78, 5) is 21.5. The standard InChI is InChI=1S/C14H17N5O/c15-14-12-2-1-10(5-13(12)17-9-18-14)7-19-4-3-16-6-11(19)8-20/h1-2,5,8-9,11,16H,3-4,6-7H2,(H2,15,17,18). The van der Waals surface area contributed by atoms with Crippen molar-refractivity contribution in [3.63, 3.8) is 0 Å². The number of fused-ring (bicyclic) bond motifs is 1. The highest BCUT2D eigenvalue weighted by Crippen LogP contribution is 2.19. The normalized spacial score (nSPS) is 20.1. The van der Waals surface area contributed by atoms with Gasteiger partial charge in [0.25, 0.3) is 0 Å². The maximum Gasteiger partial charge on any atom is 0.138 e. The molecule has 1 fully saturated rings. The number of hydrogen-bond acceptors (Lipinski definition) is 6. The van der Waals surface area contributed by atoms with E-state index in [0.29, 0.717) is 12.4 Å². The second-order valence-corrected chi connectivity index (χ2v) is 4.99. The SMILES string of the molecule is Nc1ncnc2cc(CN3CCNCC3C=O)ccc12.